The topological polar surface area (TPSA) is 67.1 Å². The molecular formula is C28H36N4O3S2. The Bertz CT molecular complexity index is 1350. The molecule has 0 saturated carbocycles. The maximum Gasteiger partial charge on any atom is 0.243 e. The van der Waals surface area contributed by atoms with Crippen molar-refractivity contribution in [3.05, 3.63) is 64.8 Å². The van der Waals surface area contributed by atoms with Crippen molar-refractivity contribution in [2.24, 2.45) is 16.8 Å². The average molecular weight is 541 g/mol. The Morgan fingerprint density at radius 2 is 1.70 bits per heavy atom. The largest absolute Gasteiger partial charge is 0.379 e. The molecule has 5 rings (SSSR count). The highest BCUT2D eigenvalue weighted by molar-refractivity contribution is 7.89. The lowest BCUT2D eigenvalue weighted by Gasteiger charge is -2.34. The predicted octanol–water partition coefficient (Wildman–Crippen LogP) is 4.45. The van der Waals surface area contributed by atoms with Crippen molar-refractivity contribution in [1.82, 2.24) is 13.8 Å². The molecular weight excluding hydrogens is 504 g/mol. The summed E-state index contributed by atoms with van der Waals surface area (Å²) < 4.78 is 36.6. The van der Waals surface area contributed by atoms with Gasteiger partial charge in [-0.2, -0.15) is 4.31 Å². The van der Waals surface area contributed by atoms with Crippen LogP contribution in [-0.2, 0) is 21.3 Å². The van der Waals surface area contributed by atoms with E-state index < -0.39 is 10.0 Å². The molecule has 2 aromatic carbocycles. The van der Waals surface area contributed by atoms with Crippen LogP contribution in [0.25, 0.3) is 11.3 Å². The summed E-state index contributed by atoms with van der Waals surface area (Å²) in [7, 11) is -3.56. The van der Waals surface area contributed by atoms with Gasteiger partial charge in [-0.05, 0) is 42.5 Å². The zero-order chi connectivity index (χ0) is 25.8. The first-order valence-electron chi connectivity index (χ1n) is 13.1. The van der Waals surface area contributed by atoms with Crippen LogP contribution in [-0.4, -0.2) is 68.1 Å². The number of hydrogen-bond donors (Lipinski definition) is 0. The fourth-order valence-corrected chi connectivity index (χ4v) is 7.99. The molecule has 7 nitrogen and oxygen atoms in total. The minimum absolute atomic E-state index is 0.360. The smallest absolute Gasteiger partial charge is 0.243 e. The van der Waals surface area contributed by atoms with Crippen molar-refractivity contribution in [3.8, 4) is 11.3 Å². The molecule has 0 bridgehead atoms. The third kappa shape index (κ3) is 6.23. The summed E-state index contributed by atoms with van der Waals surface area (Å²) in [4.78, 5) is 8.59. The number of aromatic nitrogens is 1. The average Bonchev–Trinajstić information content (AvgIpc) is 3.30. The Morgan fingerprint density at radius 1 is 0.973 bits per heavy atom. The van der Waals surface area contributed by atoms with E-state index in [4.69, 9.17) is 9.73 Å². The quantitative estimate of drug-likeness (QED) is 0.444. The summed E-state index contributed by atoms with van der Waals surface area (Å²) in [5, 5.41) is 2.10. The molecule has 2 fully saturated rings. The lowest BCUT2D eigenvalue weighted by molar-refractivity contribution is 0.0363. The molecule has 0 N–H and O–H groups in total. The van der Waals surface area contributed by atoms with E-state index in [-0.39, 0.29) is 0 Å². The molecule has 9 heteroatoms. The van der Waals surface area contributed by atoms with Gasteiger partial charge in [-0.3, -0.25) is 4.90 Å². The summed E-state index contributed by atoms with van der Waals surface area (Å²) in [5.41, 5.74) is 2.79. The Hall–Kier alpha value is -2.30. The van der Waals surface area contributed by atoms with Gasteiger partial charge in [-0.25, -0.2) is 13.4 Å². The van der Waals surface area contributed by atoms with Crippen LogP contribution in [0.15, 0.2) is 69.9 Å². The molecule has 0 spiro atoms. The first-order chi connectivity index (χ1) is 17.9. The number of piperidine rings is 1. The van der Waals surface area contributed by atoms with E-state index in [9.17, 15) is 8.42 Å². The molecule has 3 aromatic rings. The Kier molecular flexibility index (Phi) is 8.26. The molecule has 2 aliphatic heterocycles. The van der Waals surface area contributed by atoms with E-state index in [0.29, 0.717) is 29.8 Å². The number of rotatable bonds is 7. The van der Waals surface area contributed by atoms with Gasteiger partial charge in [0.1, 0.15) is 0 Å². The monoisotopic (exact) mass is 540 g/mol. The van der Waals surface area contributed by atoms with Crippen LogP contribution >= 0.6 is 11.3 Å². The SMILES string of the molecule is C[C@@H]1C[C@@H](C)CN(S(=O)(=O)c2cccc(-c3csc(=Nc4ccccc4)n3CCN3CCOCC3)c2)C1. The highest BCUT2D eigenvalue weighted by atomic mass is 32.2. The Labute approximate surface area is 224 Å². The zero-order valence-electron chi connectivity index (χ0n) is 21.6. The minimum Gasteiger partial charge on any atom is -0.379 e. The summed E-state index contributed by atoms with van der Waals surface area (Å²) in [6.45, 7) is 10.4. The zero-order valence-corrected chi connectivity index (χ0v) is 23.3. The number of ether oxygens (including phenoxy) is 1. The second-order valence-corrected chi connectivity index (χ2v) is 13.0. The second kappa shape index (κ2) is 11.6. The van der Waals surface area contributed by atoms with Gasteiger partial charge in [0.15, 0.2) is 4.80 Å². The van der Waals surface area contributed by atoms with E-state index in [1.165, 1.54) is 0 Å². The van der Waals surface area contributed by atoms with Crippen LogP contribution in [0.3, 0.4) is 0 Å². The van der Waals surface area contributed by atoms with Crippen LogP contribution in [0.5, 0.6) is 0 Å². The van der Waals surface area contributed by atoms with Crippen molar-refractivity contribution in [3.63, 3.8) is 0 Å². The summed E-state index contributed by atoms with van der Waals surface area (Å²) in [5.74, 6) is 0.728. The number of nitrogens with zero attached hydrogens (tertiary/aromatic N) is 4. The standard InChI is InChI=1S/C28H36N4O3S2/c1-22-17-23(2)20-31(19-22)37(33,34)26-10-6-7-24(18-26)27-21-36-28(29-25-8-4-3-5-9-25)32(27)12-11-30-13-15-35-16-14-30/h3-10,18,21-23H,11-17,19-20H2,1-2H3/t22-,23-/m1/s1. The van der Waals surface area contributed by atoms with E-state index in [1.54, 1.807) is 21.7 Å². The molecule has 37 heavy (non-hydrogen) atoms. The number of hydrogen-bond acceptors (Lipinski definition) is 6. The maximum atomic E-state index is 13.6. The number of morpholine rings is 1. The van der Waals surface area contributed by atoms with Crippen molar-refractivity contribution in [2.75, 3.05) is 45.9 Å². The number of benzene rings is 2. The summed E-state index contributed by atoms with van der Waals surface area (Å²) >= 11 is 1.59. The van der Waals surface area contributed by atoms with E-state index in [2.05, 4.69) is 28.7 Å². The third-order valence-corrected chi connectivity index (χ3v) is 9.82. The third-order valence-electron chi connectivity index (χ3n) is 7.13. The molecule has 0 amide bonds. The summed E-state index contributed by atoms with van der Waals surface area (Å²) in [6, 6.07) is 17.4. The van der Waals surface area contributed by atoms with Crippen molar-refractivity contribution < 1.29 is 13.2 Å². The normalized spacial score (nSPS) is 22.4. The Morgan fingerprint density at radius 3 is 2.43 bits per heavy atom. The molecule has 0 radical (unpaired) electrons. The lowest BCUT2D eigenvalue weighted by Crippen LogP contribution is -2.42. The molecule has 2 aliphatic rings. The molecule has 2 atom stereocenters. The van der Waals surface area contributed by atoms with Gasteiger partial charge in [-0.15, -0.1) is 11.3 Å². The number of thiazole rings is 1. The maximum absolute atomic E-state index is 13.6. The van der Waals surface area contributed by atoms with Gasteiger partial charge in [0, 0.05) is 50.2 Å². The van der Waals surface area contributed by atoms with E-state index >= 15 is 0 Å². The molecule has 1 aromatic heterocycles. The van der Waals surface area contributed by atoms with Crippen LogP contribution in [0, 0.1) is 11.8 Å². The van der Waals surface area contributed by atoms with Crippen LogP contribution in [0.2, 0.25) is 0 Å². The van der Waals surface area contributed by atoms with Crippen molar-refractivity contribution in [2.45, 2.75) is 31.7 Å². The predicted molar refractivity (Wildman–Crippen MR) is 148 cm³/mol. The fraction of sp³-hybridized carbons (Fsp3) is 0.464. The molecule has 3 heterocycles. The molecule has 0 aliphatic carbocycles. The second-order valence-electron chi connectivity index (χ2n) is 10.3. The van der Waals surface area contributed by atoms with Crippen molar-refractivity contribution >= 4 is 27.0 Å². The van der Waals surface area contributed by atoms with E-state index in [0.717, 1.165) is 67.6 Å². The first kappa shape index (κ1) is 26.3. The van der Waals surface area contributed by atoms with Gasteiger partial charge in [0.25, 0.3) is 0 Å². The van der Waals surface area contributed by atoms with Gasteiger partial charge in [0.2, 0.25) is 10.0 Å². The highest BCUT2D eigenvalue weighted by Crippen LogP contribution is 2.29. The number of sulfonamides is 1. The molecule has 2 saturated heterocycles. The van der Waals surface area contributed by atoms with Gasteiger partial charge < -0.3 is 9.30 Å². The van der Waals surface area contributed by atoms with Crippen LogP contribution < -0.4 is 4.80 Å². The molecule has 0 unspecified atom stereocenters. The van der Waals surface area contributed by atoms with Crippen LogP contribution in [0.4, 0.5) is 5.69 Å². The van der Waals surface area contributed by atoms with Gasteiger partial charge in [-0.1, -0.05) is 44.2 Å². The highest BCUT2D eigenvalue weighted by Gasteiger charge is 2.32. The van der Waals surface area contributed by atoms with Gasteiger partial charge in [0.05, 0.1) is 29.5 Å². The number of para-hydroxylation sites is 1. The van der Waals surface area contributed by atoms with Gasteiger partial charge >= 0.3 is 0 Å². The van der Waals surface area contributed by atoms with Crippen molar-refractivity contribution in [1.29, 1.82) is 0 Å². The molecule has 198 valence electrons. The first-order valence-corrected chi connectivity index (χ1v) is 15.4. The van der Waals surface area contributed by atoms with Crippen LogP contribution in [0.1, 0.15) is 20.3 Å². The minimum atomic E-state index is -3.56. The summed E-state index contributed by atoms with van der Waals surface area (Å²) in [6.07, 6.45) is 1.07. The Balaban J connectivity index is 1.49. The van der Waals surface area contributed by atoms with E-state index in [1.807, 2.05) is 48.5 Å². The fourth-order valence-electron chi connectivity index (χ4n) is 5.31. The lowest BCUT2D eigenvalue weighted by atomic mass is 9.94.